The molecule has 1 fully saturated rings. The molecule has 1 atom stereocenters. The van der Waals surface area contributed by atoms with E-state index in [0.717, 1.165) is 0 Å². The van der Waals surface area contributed by atoms with Crippen molar-refractivity contribution in [3.05, 3.63) is 23.8 Å². The smallest absolute Gasteiger partial charge is 0.253 e. The van der Waals surface area contributed by atoms with Crippen molar-refractivity contribution >= 4 is 21.4 Å². The van der Waals surface area contributed by atoms with Crippen LogP contribution in [-0.2, 0) is 9.84 Å². The summed E-state index contributed by atoms with van der Waals surface area (Å²) in [5, 5.41) is 11.9. The lowest BCUT2D eigenvalue weighted by Gasteiger charge is -2.12. The molecule has 1 aliphatic heterocycles. The highest BCUT2D eigenvalue weighted by Crippen LogP contribution is 2.19. The normalized spacial score (nSPS) is 21.7. The van der Waals surface area contributed by atoms with Crippen LogP contribution in [0.3, 0.4) is 0 Å². The van der Waals surface area contributed by atoms with E-state index >= 15 is 0 Å². The molecular formula is C11H14N2O4S. The summed E-state index contributed by atoms with van der Waals surface area (Å²) < 4.78 is 22.5. The Bertz CT molecular complexity index is 583. The molecule has 2 rings (SSSR count). The molecule has 6 nitrogen and oxygen atoms in total. The van der Waals surface area contributed by atoms with Crippen LogP contribution in [0.1, 0.15) is 16.8 Å². The third-order valence-corrected chi connectivity index (χ3v) is 4.62. The van der Waals surface area contributed by atoms with E-state index in [1.807, 2.05) is 0 Å². The molecule has 98 valence electrons. The Morgan fingerprint density at radius 1 is 1.44 bits per heavy atom. The Morgan fingerprint density at radius 3 is 2.78 bits per heavy atom. The molecule has 1 amide bonds. The third kappa shape index (κ3) is 2.73. The number of phenols is 1. The van der Waals surface area contributed by atoms with Gasteiger partial charge in [0.15, 0.2) is 9.84 Å². The third-order valence-electron chi connectivity index (χ3n) is 2.85. The Kier molecular flexibility index (Phi) is 3.16. The summed E-state index contributed by atoms with van der Waals surface area (Å²) in [5.74, 6) is -0.482. The number of nitrogen functional groups attached to an aromatic ring is 1. The Balaban J connectivity index is 2.11. The molecule has 0 spiro atoms. The van der Waals surface area contributed by atoms with Crippen LogP contribution in [0.4, 0.5) is 5.69 Å². The van der Waals surface area contributed by atoms with E-state index in [4.69, 9.17) is 5.73 Å². The fourth-order valence-electron chi connectivity index (χ4n) is 1.91. The first kappa shape index (κ1) is 12.7. The van der Waals surface area contributed by atoms with Crippen LogP contribution in [0.2, 0.25) is 0 Å². The minimum atomic E-state index is -3.04. The predicted molar refractivity (Wildman–Crippen MR) is 67.0 cm³/mol. The van der Waals surface area contributed by atoms with E-state index in [0.29, 0.717) is 6.42 Å². The number of aromatic hydroxyl groups is 1. The maximum Gasteiger partial charge on any atom is 0.253 e. The van der Waals surface area contributed by atoms with Crippen LogP contribution < -0.4 is 11.1 Å². The topological polar surface area (TPSA) is 109 Å². The van der Waals surface area contributed by atoms with Gasteiger partial charge in [-0.25, -0.2) is 8.42 Å². The monoisotopic (exact) mass is 270 g/mol. The average Bonchev–Trinajstić information content (AvgIpc) is 2.61. The van der Waals surface area contributed by atoms with Crippen LogP contribution in [0.15, 0.2) is 18.2 Å². The SMILES string of the molecule is Nc1ccc(O)cc1C(=O)NC1CCS(=O)(=O)C1. The first-order valence-electron chi connectivity index (χ1n) is 5.47. The number of hydrogen-bond acceptors (Lipinski definition) is 5. The molecule has 0 bridgehead atoms. The molecule has 4 N–H and O–H groups in total. The second-order valence-electron chi connectivity index (χ2n) is 4.34. The van der Waals surface area contributed by atoms with Crippen molar-refractivity contribution in [1.29, 1.82) is 0 Å². The zero-order valence-corrected chi connectivity index (χ0v) is 10.4. The number of carbonyl (C=O) groups excluding carboxylic acids is 1. The van der Waals surface area contributed by atoms with Gasteiger partial charge in [0, 0.05) is 11.7 Å². The second-order valence-corrected chi connectivity index (χ2v) is 6.57. The largest absolute Gasteiger partial charge is 0.508 e. The maximum absolute atomic E-state index is 11.9. The number of phenolic OH excluding ortho intramolecular Hbond substituents is 1. The number of sulfone groups is 1. The van der Waals surface area contributed by atoms with E-state index in [1.165, 1.54) is 18.2 Å². The van der Waals surface area contributed by atoms with E-state index in [1.54, 1.807) is 0 Å². The Morgan fingerprint density at radius 2 is 2.17 bits per heavy atom. The van der Waals surface area contributed by atoms with Gasteiger partial charge in [0.1, 0.15) is 5.75 Å². The molecule has 1 heterocycles. The van der Waals surface area contributed by atoms with Gasteiger partial charge >= 0.3 is 0 Å². The van der Waals surface area contributed by atoms with Gasteiger partial charge in [-0.2, -0.15) is 0 Å². The van der Waals surface area contributed by atoms with E-state index < -0.39 is 15.7 Å². The highest BCUT2D eigenvalue weighted by molar-refractivity contribution is 7.91. The first-order chi connectivity index (χ1) is 8.37. The minimum Gasteiger partial charge on any atom is -0.508 e. The van der Waals surface area contributed by atoms with Gasteiger partial charge in [-0.15, -0.1) is 0 Å². The fourth-order valence-corrected chi connectivity index (χ4v) is 3.59. The number of amides is 1. The van der Waals surface area contributed by atoms with Crippen LogP contribution in [0.5, 0.6) is 5.75 Å². The van der Waals surface area contributed by atoms with Crippen molar-refractivity contribution in [2.24, 2.45) is 0 Å². The summed E-state index contributed by atoms with van der Waals surface area (Å²) in [7, 11) is -3.04. The number of hydrogen-bond donors (Lipinski definition) is 3. The van der Waals surface area contributed by atoms with Crippen LogP contribution in [0, 0.1) is 0 Å². The second kappa shape index (κ2) is 4.49. The van der Waals surface area contributed by atoms with E-state index in [2.05, 4.69) is 5.32 Å². The van der Waals surface area contributed by atoms with Crippen LogP contribution >= 0.6 is 0 Å². The summed E-state index contributed by atoms with van der Waals surface area (Å²) in [4.78, 5) is 11.9. The molecule has 1 aromatic carbocycles. The summed E-state index contributed by atoms with van der Waals surface area (Å²) in [6, 6.07) is 3.68. The van der Waals surface area contributed by atoms with Crippen molar-refractivity contribution in [1.82, 2.24) is 5.32 Å². The molecule has 1 aromatic rings. The molecular weight excluding hydrogens is 256 g/mol. The molecule has 0 saturated carbocycles. The minimum absolute atomic E-state index is 0.0442. The van der Waals surface area contributed by atoms with Gasteiger partial charge in [0.25, 0.3) is 5.91 Å². The molecule has 0 aromatic heterocycles. The maximum atomic E-state index is 11.9. The number of nitrogens with one attached hydrogen (secondary N) is 1. The van der Waals surface area contributed by atoms with Gasteiger partial charge in [-0.3, -0.25) is 4.79 Å². The molecule has 1 saturated heterocycles. The van der Waals surface area contributed by atoms with Crippen molar-refractivity contribution in [2.45, 2.75) is 12.5 Å². The van der Waals surface area contributed by atoms with E-state index in [9.17, 15) is 18.3 Å². The lowest BCUT2D eigenvalue weighted by atomic mass is 10.1. The summed E-state index contributed by atoms with van der Waals surface area (Å²) >= 11 is 0. The number of nitrogens with two attached hydrogens (primary N) is 1. The molecule has 7 heteroatoms. The van der Waals surface area contributed by atoms with E-state index in [-0.39, 0.29) is 34.5 Å². The zero-order chi connectivity index (χ0) is 13.3. The van der Waals surface area contributed by atoms with Crippen molar-refractivity contribution < 1.29 is 18.3 Å². The molecule has 0 aliphatic carbocycles. The number of anilines is 1. The van der Waals surface area contributed by atoms with Gasteiger partial charge in [-0.05, 0) is 24.6 Å². The zero-order valence-electron chi connectivity index (χ0n) is 9.59. The predicted octanol–water partition coefficient (Wildman–Crippen LogP) is -0.109. The number of rotatable bonds is 2. The van der Waals surface area contributed by atoms with Gasteiger partial charge in [-0.1, -0.05) is 0 Å². The fraction of sp³-hybridized carbons (Fsp3) is 0.364. The van der Waals surface area contributed by atoms with Gasteiger partial charge in [0.05, 0.1) is 17.1 Å². The van der Waals surface area contributed by atoms with Gasteiger partial charge < -0.3 is 16.2 Å². The average molecular weight is 270 g/mol. The summed E-state index contributed by atoms with van der Waals surface area (Å²) in [5.41, 5.74) is 6.02. The lowest BCUT2D eigenvalue weighted by molar-refractivity contribution is 0.0941. The molecule has 18 heavy (non-hydrogen) atoms. The summed E-state index contributed by atoms with van der Waals surface area (Å²) in [6.45, 7) is 0. The lowest BCUT2D eigenvalue weighted by Crippen LogP contribution is -2.35. The molecule has 1 unspecified atom stereocenters. The summed E-state index contributed by atoms with van der Waals surface area (Å²) in [6.07, 6.45) is 0.410. The van der Waals surface area contributed by atoms with Crippen LogP contribution in [0.25, 0.3) is 0 Å². The molecule has 1 aliphatic rings. The van der Waals surface area contributed by atoms with Crippen LogP contribution in [-0.4, -0.2) is 37.0 Å². The molecule has 0 radical (unpaired) electrons. The van der Waals surface area contributed by atoms with Crippen molar-refractivity contribution in [2.75, 3.05) is 17.2 Å². The highest BCUT2D eigenvalue weighted by atomic mass is 32.2. The Hall–Kier alpha value is -1.76. The Labute approximate surface area is 105 Å². The first-order valence-corrected chi connectivity index (χ1v) is 7.29. The van der Waals surface area contributed by atoms with Crippen molar-refractivity contribution in [3.63, 3.8) is 0 Å². The standard InChI is InChI=1S/C11H14N2O4S/c12-10-2-1-8(14)5-9(10)11(15)13-7-3-4-18(16,17)6-7/h1-2,5,7,14H,3-4,6,12H2,(H,13,15). The number of carbonyl (C=O) groups is 1. The van der Waals surface area contributed by atoms with Gasteiger partial charge in [0.2, 0.25) is 0 Å². The number of benzene rings is 1. The van der Waals surface area contributed by atoms with Crippen molar-refractivity contribution in [3.8, 4) is 5.75 Å². The quantitative estimate of drug-likeness (QED) is 0.513. The highest BCUT2D eigenvalue weighted by Gasteiger charge is 2.29.